The zero-order valence-electron chi connectivity index (χ0n) is 25.9. The van der Waals surface area contributed by atoms with Gasteiger partial charge < -0.3 is 19.1 Å². The van der Waals surface area contributed by atoms with Crippen molar-refractivity contribution >= 4 is 46.2 Å². The van der Waals surface area contributed by atoms with Crippen LogP contribution in [0.2, 0.25) is 5.02 Å². The van der Waals surface area contributed by atoms with Crippen LogP contribution in [0, 0.1) is 10.1 Å². The number of ether oxygens (including phenoxy) is 3. The monoisotopic (exact) mass is 698 g/mol. The molecule has 3 aromatic carbocycles. The van der Waals surface area contributed by atoms with E-state index in [4.69, 9.17) is 21.1 Å². The Bertz CT molecular complexity index is 1500. The van der Waals surface area contributed by atoms with E-state index in [9.17, 15) is 37.7 Å². The van der Waals surface area contributed by atoms with Crippen molar-refractivity contribution < 1.29 is 46.7 Å². The summed E-state index contributed by atoms with van der Waals surface area (Å²) in [6.45, 7) is 6.78. The SMILES string of the molecule is CCCN(CCC)C(=O)SCc1ccccc1.CCOC(=O)COC(=O)c1cc(Oc2ccc(C(F)(F)F)cc2Cl)ccc1[N+](=O)[O-]. The van der Waals surface area contributed by atoms with Crippen molar-refractivity contribution in [3.05, 3.63) is 98.6 Å². The summed E-state index contributed by atoms with van der Waals surface area (Å²) in [6.07, 6.45) is -2.55. The van der Waals surface area contributed by atoms with Gasteiger partial charge in [-0.3, -0.25) is 14.9 Å². The lowest BCUT2D eigenvalue weighted by Gasteiger charge is -2.20. The Labute approximate surface area is 279 Å². The number of halogens is 4. The van der Waals surface area contributed by atoms with Gasteiger partial charge in [0.1, 0.15) is 17.1 Å². The zero-order chi connectivity index (χ0) is 35.0. The molecule has 0 aliphatic rings. The van der Waals surface area contributed by atoms with Crippen LogP contribution in [-0.4, -0.2) is 53.3 Å². The first-order valence-corrected chi connectivity index (χ1v) is 15.8. The maximum atomic E-state index is 12.7. The fraction of sp³-hybridized carbons (Fsp3) is 0.344. The van der Waals surface area contributed by atoms with E-state index in [1.165, 1.54) is 24.2 Å². The number of carbonyl (C=O) groups excluding carboxylic acids is 3. The number of carbonyl (C=O) groups is 3. The molecule has 0 saturated carbocycles. The molecule has 0 unspecified atom stereocenters. The van der Waals surface area contributed by atoms with Crippen molar-refractivity contribution in [3.63, 3.8) is 0 Å². The third-order valence-electron chi connectivity index (χ3n) is 5.95. The molecule has 0 saturated heterocycles. The predicted molar refractivity (Wildman–Crippen MR) is 172 cm³/mol. The van der Waals surface area contributed by atoms with Crippen molar-refractivity contribution in [1.29, 1.82) is 0 Å². The van der Waals surface area contributed by atoms with Crippen LogP contribution in [0.25, 0.3) is 0 Å². The van der Waals surface area contributed by atoms with Crippen molar-refractivity contribution in [3.8, 4) is 11.5 Å². The van der Waals surface area contributed by atoms with Crippen LogP contribution in [0.5, 0.6) is 11.5 Å². The molecule has 47 heavy (non-hydrogen) atoms. The summed E-state index contributed by atoms with van der Waals surface area (Å²) in [7, 11) is 0. The van der Waals surface area contributed by atoms with Crippen LogP contribution in [0.15, 0.2) is 66.7 Å². The number of nitro groups is 1. The predicted octanol–water partition coefficient (Wildman–Crippen LogP) is 8.94. The van der Waals surface area contributed by atoms with Crippen LogP contribution < -0.4 is 4.74 Å². The number of alkyl halides is 3. The molecule has 0 N–H and O–H groups in total. The number of amides is 1. The van der Waals surface area contributed by atoms with Crippen LogP contribution in [0.4, 0.5) is 23.7 Å². The van der Waals surface area contributed by atoms with E-state index in [0.29, 0.717) is 6.07 Å². The largest absolute Gasteiger partial charge is 0.463 e. The highest BCUT2D eigenvalue weighted by atomic mass is 35.5. The second-order valence-electron chi connectivity index (χ2n) is 9.59. The van der Waals surface area contributed by atoms with E-state index >= 15 is 0 Å². The number of nitro benzene ring substituents is 1. The second-order valence-corrected chi connectivity index (χ2v) is 10.9. The fourth-order valence-corrected chi connectivity index (χ4v) is 4.90. The molecule has 3 rings (SSSR count). The molecule has 0 bridgehead atoms. The van der Waals surface area contributed by atoms with Crippen LogP contribution in [0.1, 0.15) is 55.1 Å². The smallest absolute Gasteiger partial charge is 0.416 e. The molecular formula is C32H34ClF3N2O8S. The standard InChI is InChI=1S/C18H13ClF3NO7.C14H21NOS/c1-2-28-16(24)9-29-17(25)12-8-11(4-5-14(12)23(26)27)30-15-6-3-10(7-13(15)19)18(20,21)22;1-3-10-15(11-4-2)14(16)17-12-13-8-6-5-7-9-13/h3-8H,2,9H2,1H3;5-9H,3-4,10-12H2,1-2H3. The molecule has 0 fully saturated rings. The lowest BCUT2D eigenvalue weighted by Crippen LogP contribution is -2.29. The van der Waals surface area contributed by atoms with E-state index in [0.717, 1.165) is 62.0 Å². The zero-order valence-corrected chi connectivity index (χ0v) is 27.5. The summed E-state index contributed by atoms with van der Waals surface area (Å²) in [5.74, 6) is -1.59. The molecule has 10 nitrogen and oxygen atoms in total. The minimum absolute atomic E-state index is 0.0493. The van der Waals surface area contributed by atoms with E-state index in [2.05, 4.69) is 30.7 Å². The van der Waals surface area contributed by atoms with Crippen LogP contribution >= 0.6 is 23.4 Å². The number of rotatable bonds is 13. The third kappa shape index (κ3) is 13.1. The highest BCUT2D eigenvalue weighted by Crippen LogP contribution is 2.37. The number of nitrogens with zero attached hydrogens (tertiary/aromatic N) is 2. The van der Waals surface area contributed by atoms with Gasteiger partial charge in [-0.25, -0.2) is 9.59 Å². The highest BCUT2D eigenvalue weighted by Gasteiger charge is 2.31. The summed E-state index contributed by atoms with van der Waals surface area (Å²) in [5.41, 5.74) is -0.954. The summed E-state index contributed by atoms with van der Waals surface area (Å²) in [5, 5.41) is 11.0. The Balaban J connectivity index is 0.000000382. The summed E-state index contributed by atoms with van der Waals surface area (Å²) in [6, 6.07) is 15.5. The van der Waals surface area contributed by atoms with Crippen LogP contribution in [0.3, 0.4) is 0 Å². The molecule has 254 valence electrons. The van der Waals surface area contributed by atoms with Gasteiger partial charge >= 0.3 is 18.1 Å². The Morgan fingerprint density at radius 3 is 2.15 bits per heavy atom. The molecule has 0 radical (unpaired) electrons. The first kappa shape index (κ1) is 38.9. The molecule has 1 amide bonds. The van der Waals surface area contributed by atoms with E-state index < -0.39 is 46.5 Å². The lowest BCUT2D eigenvalue weighted by molar-refractivity contribution is -0.385. The summed E-state index contributed by atoms with van der Waals surface area (Å²) < 4.78 is 52.8. The maximum absolute atomic E-state index is 12.7. The Hall–Kier alpha value is -4.30. The summed E-state index contributed by atoms with van der Waals surface area (Å²) >= 11 is 7.21. The number of thioether (sulfide) groups is 1. The fourth-order valence-electron chi connectivity index (χ4n) is 3.84. The van der Waals surface area contributed by atoms with Crippen molar-refractivity contribution in [2.75, 3.05) is 26.3 Å². The van der Waals surface area contributed by atoms with Gasteiger partial charge in [-0.2, -0.15) is 13.2 Å². The van der Waals surface area contributed by atoms with Gasteiger partial charge in [0.2, 0.25) is 0 Å². The van der Waals surface area contributed by atoms with Gasteiger partial charge in [-0.1, -0.05) is 67.5 Å². The molecule has 0 atom stereocenters. The van der Waals surface area contributed by atoms with Gasteiger partial charge in [0.05, 0.1) is 22.1 Å². The average molecular weight is 699 g/mol. The van der Waals surface area contributed by atoms with Crippen molar-refractivity contribution in [1.82, 2.24) is 4.90 Å². The topological polar surface area (TPSA) is 125 Å². The van der Waals surface area contributed by atoms with Crippen LogP contribution in [-0.2, 0) is 26.2 Å². The number of hydrogen-bond acceptors (Lipinski definition) is 9. The Morgan fingerprint density at radius 1 is 0.936 bits per heavy atom. The highest BCUT2D eigenvalue weighted by molar-refractivity contribution is 8.12. The Kier molecular flexibility index (Phi) is 16.0. The number of esters is 2. The summed E-state index contributed by atoms with van der Waals surface area (Å²) in [4.78, 5) is 47.7. The first-order valence-electron chi connectivity index (χ1n) is 14.4. The minimum Gasteiger partial charge on any atom is -0.463 e. The van der Waals surface area contributed by atoms with Crippen molar-refractivity contribution in [2.45, 2.75) is 45.5 Å². The normalized spacial score (nSPS) is 10.7. The lowest BCUT2D eigenvalue weighted by atomic mass is 10.1. The molecular weight excluding hydrogens is 665 g/mol. The number of benzene rings is 3. The van der Waals surface area contributed by atoms with Gasteiger partial charge in [0, 0.05) is 31.0 Å². The molecule has 0 spiro atoms. The van der Waals surface area contributed by atoms with Gasteiger partial charge in [-0.05, 0) is 49.6 Å². The van der Waals surface area contributed by atoms with E-state index in [-0.39, 0.29) is 28.4 Å². The molecule has 0 aliphatic carbocycles. The third-order valence-corrected chi connectivity index (χ3v) is 7.23. The quantitative estimate of drug-likeness (QED) is 0.0977. The average Bonchev–Trinajstić information content (AvgIpc) is 3.03. The first-order chi connectivity index (χ1) is 22.3. The molecule has 15 heteroatoms. The van der Waals surface area contributed by atoms with Gasteiger partial charge in [-0.15, -0.1) is 0 Å². The van der Waals surface area contributed by atoms with Crippen molar-refractivity contribution in [2.24, 2.45) is 0 Å². The molecule has 0 aliphatic heterocycles. The molecule has 3 aromatic rings. The van der Waals surface area contributed by atoms with E-state index in [1.807, 2.05) is 23.1 Å². The maximum Gasteiger partial charge on any atom is 0.416 e. The van der Waals surface area contributed by atoms with Gasteiger partial charge in [0.25, 0.3) is 10.9 Å². The number of hydrogen-bond donors (Lipinski definition) is 0. The second kappa shape index (κ2) is 19.4. The Morgan fingerprint density at radius 2 is 1.60 bits per heavy atom. The van der Waals surface area contributed by atoms with Gasteiger partial charge in [0.15, 0.2) is 6.61 Å². The minimum atomic E-state index is -4.61. The molecule has 0 aromatic heterocycles. The van der Waals surface area contributed by atoms with E-state index in [1.54, 1.807) is 0 Å². The molecule has 0 heterocycles.